The van der Waals surface area contributed by atoms with Crippen molar-refractivity contribution in [2.75, 3.05) is 0 Å². The van der Waals surface area contributed by atoms with E-state index >= 15 is 0 Å². The monoisotopic (exact) mass is 478 g/mol. The molecule has 3 aliphatic rings. The fraction of sp³-hybridized carbons (Fsp3) is 0.385. The zero-order chi connectivity index (χ0) is 23.8. The molecule has 8 heteroatoms. The van der Waals surface area contributed by atoms with Crippen LogP contribution in [-0.4, -0.2) is 22.8 Å². The van der Waals surface area contributed by atoms with Crippen LogP contribution in [0.5, 0.6) is 0 Å². The summed E-state index contributed by atoms with van der Waals surface area (Å²) in [7, 11) is 0. The molecule has 0 saturated heterocycles. The number of carbonyl (C=O) groups excluding carboxylic acids is 2. The van der Waals surface area contributed by atoms with Crippen LogP contribution < -0.4 is 5.32 Å². The van der Waals surface area contributed by atoms with Gasteiger partial charge in [0.05, 0.1) is 10.5 Å². The number of ether oxygens (including phenoxy) is 1. The van der Waals surface area contributed by atoms with Gasteiger partial charge in [-0.25, -0.2) is 4.79 Å². The number of benzene rings is 1. The van der Waals surface area contributed by atoms with Crippen molar-refractivity contribution >= 4 is 28.8 Å². The van der Waals surface area contributed by atoms with Crippen LogP contribution in [-0.2, 0) is 14.3 Å². The van der Waals surface area contributed by atoms with E-state index < -0.39 is 16.8 Å². The summed E-state index contributed by atoms with van der Waals surface area (Å²) in [6, 6.07) is 10.3. The lowest BCUT2D eigenvalue weighted by Crippen LogP contribution is -2.36. The lowest BCUT2D eigenvalue weighted by molar-refractivity contribution is -0.384. The summed E-state index contributed by atoms with van der Waals surface area (Å²) >= 11 is 1.63. The Balaban J connectivity index is 1.58. The molecule has 1 aliphatic heterocycles. The fourth-order valence-electron chi connectivity index (χ4n) is 5.41. The number of allylic oxidation sites excluding steroid dienone is 3. The molecule has 1 aromatic heterocycles. The lowest BCUT2D eigenvalue weighted by atomic mass is 9.72. The molecule has 7 nitrogen and oxygen atoms in total. The van der Waals surface area contributed by atoms with Crippen LogP contribution in [0.4, 0.5) is 5.69 Å². The number of esters is 1. The van der Waals surface area contributed by atoms with E-state index in [1.807, 2.05) is 24.4 Å². The highest BCUT2D eigenvalue weighted by molar-refractivity contribution is 7.10. The van der Waals surface area contributed by atoms with Crippen LogP contribution in [0.25, 0.3) is 0 Å². The maximum absolute atomic E-state index is 13.6. The van der Waals surface area contributed by atoms with Gasteiger partial charge in [0, 0.05) is 52.2 Å². The summed E-state index contributed by atoms with van der Waals surface area (Å²) in [5.74, 6) is -1.11. The van der Waals surface area contributed by atoms with Crippen molar-refractivity contribution in [3.8, 4) is 0 Å². The second-order valence-corrected chi connectivity index (χ2v) is 10.2. The zero-order valence-corrected chi connectivity index (χ0v) is 19.7. The van der Waals surface area contributed by atoms with Gasteiger partial charge in [0.15, 0.2) is 5.78 Å². The van der Waals surface area contributed by atoms with Crippen molar-refractivity contribution in [2.24, 2.45) is 0 Å². The Bertz CT molecular complexity index is 1210. The molecule has 5 rings (SSSR count). The van der Waals surface area contributed by atoms with Gasteiger partial charge in [-0.3, -0.25) is 14.9 Å². The summed E-state index contributed by atoms with van der Waals surface area (Å²) in [6.45, 7) is 1.82. The van der Waals surface area contributed by atoms with Gasteiger partial charge < -0.3 is 10.1 Å². The predicted molar refractivity (Wildman–Crippen MR) is 128 cm³/mol. The van der Waals surface area contributed by atoms with Crippen LogP contribution in [0.3, 0.4) is 0 Å². The molecule has 0 bridgehead atoms. The maximum atomic E-state index is 13.6. The Kier molecular flexibility index (Phi) is 6.08. The van der Waals surface area contributed by atoms with Crippen molar-refractivity contribution in [3.05, 3.63) is 84.9 Å². The zero-order valence-electron chi connectivity index (χ0n) is 18.9. The van der Waals surface area contributed by atoms with Crippen LogP contribution >= 0.6 is 11.3 Å². The molecular formula is C26H26N2O5S. The maximum Gasteiger partial charge on any atom is 0.337 e. The van der Waals surface area contributed by atoms with Crippen molar-refractivity contribution in [2.45, 2.75) is 63.4 Å². The van der Waals surface area contributed by atoms with Crippen molar-refractivity contribution in [1.82, 2.24) is 5.32 Å². The minimum absolute atomic E-state index is 0.0395. The number of nitro groups is 1. The Morgan fingerprint density at radius 3 is 2.68 bits per heavy atom. The quantitative estimate of drug-likeness (QED) is 0.346. The number of Topliss-reactive ketones (excluding diaryl/α,β-unsaturated/α-hetero) is 1. The Morgan fingerprint density at radius 2 is 1.97 bits per heavy atom. The molecule has 34 heavy (non-hydrogen) atoms. The summed E-state index contributed by atoms with van der Waals surface area (Å²) in [4.78, 5) is 39.1. The van der Waals surface area contributed by atoms with Gasteiger partial charge in [-0.2, -0.15) is 0 Å². The third kappa shape index (κ3) is 4.18. The van der Waals surface area contributed by atoms with Gasteiger partial charge >= 0.3 is 5.97 Å². The highest BCUT2D eigenvalue weighted by Crippen LogP contribution is 2.47. The van der Waals surface area contributed by atoms with Gasteiger partial charge in [-0.05, 0) is 56.0 Å². The Labute approximate surface area is 201 Å². The molecule has 0 radical (unpaired) electrons. The second-order valence-electron chi connectivity index (χ2n) is 9.20. The van der Waals surface area contributed by atoms with Gasteiger partial charge in [0.2, 0.25) is 0 Å². The molecular weight excluding hydrogens is 452 g/mol. The van der Waals surface area contributed by atoms with E-state index in [4.69, 9.17) is 4.74 Å². The summed E-state index contributed by atoms with van der Waals surface area (Å²) in [5, 5.41) is 16.8. The highest BCUT2D eigenvalue weighted by atomic mass is 32.1. The van der Waals surface area contributed by atoms with Crippen LogP contribution in [0.15, 0.2) is 64.3 Å². The summed E-state index contributed by atoms with van der Waals surface area (Å²) in [5.41, 5.74) is 2.81. The molecule has 0 spiro atoms. The number of non-ortho nitro benzene ring substituents is 1. The first-order valence-corrected chi connectivity index (χ1v) is 12.5. The third-order valence-electron chi connectivity index (χ3n) is 6.98. The highest BCUT2D eigenvalue weighted by Gasteiger charge is 2.42. The first kappa shape index (κ1) is 22.5. The number of hydrogen-bond acceptors (Lipinski definition) is 7. The number of thiophene rings is 1. The number of ketones is 1. The first-order valence-electron chi connectivity index (χ1n) is 11.6. The van der Waals surface area contributed by atoms with E-state index in [0.717, 1.165) is 36.3 Å². The van der Waals surface area contributed by atoms with Crippen molar-refractivity contribution in [1.29, 1.82) is 0 Å². The summed E-state index contributed by atoms with van der Waals surface area (Å²) in [6.07, 6.45) is 4.59. The molecule has 1 aromatic carbocycles. The van der Waals surface area contributed by atoms with Gasteiger partial charge in [0.25, 0.3) is 5.69 Å². The number of nitrogens with zero attached hydrogens (tertiary/aromatic N) is 1. The standard InChI is InChI=1S/C26H26N2O5S/c1-15-23(26(30)33-19-8-2-3-9-19)24(16-6-4-7-18(12-16)28(31)32)25-20(27-15)13-17(14-21(25)29)22-10-5-11-34-22/h4-7,10-12,17,19,24,27H,2-3,8-9,13-14H2,1H3/t17-,24+/m1/s1. The SMILES string of the molecule is CC1=C(C(=O)OC2CCCC2)[C@H](c2cccc([N+](=O)[O-])c2)C2=C(C[C@@H](c3cccs3)CC2=O)N1. The largest absolute Gasteiger partial charge is 0.459 e. The number of nitrogens with one attached hydrogen (secondary N) is 1. The first-order chi connectivity index (χ1) is 16.4. The molecule has 1 fully saturated rings. The number of nitro benzene ring substituents is 1. The lowest BCUT2D eigenvalue weighted by Gasteiger charge is -2.36. The molecule has 1 N–H and O–H groups in total. The number of carbonyl (C=O) groups is 2. The molecule has 0 unspecified atom stereocenters. The van der Waals surface area contributed by atoms with E-state index in [-0.39, 0.29) is 23.5 Å². The van der Waals surface area contributed by atoms with Crippen LogP contribution in [0, 0.1) is 10.1 Å². The van der Waals surface area contributed by atoms with Gasteiger partial charge in [-0.15, -0.1) is 11.3 Å². The molecule has 0 amide bonds. The fourth-order valence-corrected chi connectivity index (χ4v) is 6.24. The number of hydrogen-bond donors (Lipinski definition) is 1. The molecule has 176 valence electrons. The molecule has 2 aromatic rings. The Hall–Kier alpha value is -3.26. The average Bonchev–Trinajstić information content (AvgIpc) is 3.52. The van der Waals surface area contributed by atoms with Gasteiger partial charge in [0.1, 0.15) is 6.10 Å². The Morgan fingerprint density at radius 1 is 1.18 bits per heavy atom. The molecule has 1 saturated carbocycles. The smallest absolute Gasteiger partial charge is 0.337 e. The minimum Gasteiger partial charge on any atom is -0.459 e. The molecule has 2 atom stereocenters. The third-order valence-corrected chi connectivity index (χ3v) is 8.02. The molecule has 2 aliphatic carbocycles. The number of rotatable bonds is 5. The topological polar surface area (TPSA) is 98.5 Å². The average molecular weight is 479 g/mol. The van der Waals surface area contributed by atoms with Crippen LogP contribution in [0.1, 0.15) is 67.7 Å². The van der Waals surface area contributed by atoms with E-state index in [0.29, 0.717) is 35.2 Å². The van der Waals surface area contributed by atoms with E-state index in [2.05, 4.69) is 5.32 Å². The normalized spacial score (nSPS) is 23.0. The van der Waals surface area contributed by atoms with Crippen molar-refractivity contribution in [3.63, 3.8) is 0 Å². The van der Waals surface area contributed by atoms with E-state index in [1.54, 1.807) is 23.5 Å². The minimum atomic E-state index is -0.693. The molecule has 2 heterocycles. The summed E-state index contributed by atoms with van der Waals surface area (Å²) < 4.78 is 5.84. The van der Waals surface area contributed by atoms with Gasteiger partial charge in [-0.1, -0.05) is 18.2 Å². The predicted octanol–water partition coefficient (Wildman–Crippen LogP) is 5.50. The van der Waals surface area contributed by atoms with E-state index in [1.165, 1.54) is 12.1 Å². The number of dihydropyridines is 1. The van der Waals surface area contributed by atoms with Crippen LogP contribution in [0.2, 0.25) is 0 Å². The van der Waals surface area contributed by atoms with E-state index in [9.17, 15) is 19.7 Å². The van der Waals surface area contributed by atoms with Crippen molar-refractivity contribution < 1.29 is 19.2 Å². The second kappa shape index (κ2) is 9.18.